The minimum Gasteiger partial charge on any atom is -0.490 e. The van der Waals surface area contributed by atoms with E-state index in [1.807, 2.05) is 6.92 Å². The number of hydrogen-bond acceptors (Lipinski definition) is 6. The number of aromatic nitrogens is 2. The third-order valence-electron chi connectivity index (χ3n) is 3.28. The molecule has 8 nitrogen and oxygen atoms in total. The lowest BCUT2D eigenvalue weighted by Crippen LogP contribution is -2.12. The Balaban J connectivity index is 2.07. The highest BCUT2D eigenvalue weighted by molar-refractivity contribution is 5.42. The van der Waals surface area contributed by atoms with Crippen LogP contribution in [-0.4, -0.2) is 32.8 Å². The number of rotatable bonds is 8. The largest absolute Gasteiger partial charge is 0.490 e. The van der Waals surface area contributed by atoms with Crippen LogP contribution in [0.4, 0.5) is 5.82 Å². The van der Waals surface area contributed by atoms with Crippen LogP contribution in [-0.2, 0) is 13.2 Å². The van der Waals surface area contributed by atoms with E-state index in [-0.39, 0.29) is 19.0 Å². The zero-order valence-corrected chi connectivity index (χ0v) is 13.1. The fourth-order valence-corrected chi connectivity index (χ4v) is 2.16. The molecule has 1 aromatic heterocycles. The Morgan fingerprint density at radius 3 is 2.78 bits per heavy atom. The van der Waals surface area contributed by atoms with E-state index >= 15 is 0 Å². The Morgan fingerprint density at radius 2 is 2.13 bits per heavy atom. The van der Waals surface area contributed by atoms with Crippen molar-refractivity contribution in [3.05, 3.63) is 45.9 Å². The summed E-state index contributed by atoms with van der Waals surface area (Å²) < 4.78 is 12.7. The van der Waals surface area contributed by atoms with Gasteiger partial charge in [0.2, 0.25) is 0 Å². The summed E-state index contributed by atoms with van der Waals surface area (Å²) in [6.07, 6.45) is 1.23. The first-order valence-electron chi connectivity index (χ1n) is 7.22. The summed E-state index contributed by atoms with van der Waals surface area (Å²) in [5.41, 5.74) is 0.724. The summed E-state index contributed by atoms with van der Waals surface area (Å²) in [6.45, 7) is 4.48. The first-order valence-corrected chi connectivity index (χ1v) is 7.22. The number of aliphatic hydroxyl groups excluding tert-OH is 1. The molecule has 0 spiro atoms. The molecule has 8 heteroatoms. The van der Waals surface area contributed by atoms with Crippen molar-refractivity contribution in [1.82, 2.24) is 9.55 Å². The van der Waals surface area contributed by atoms with E-state index in [0.29, 0.717) is 30.5 Å². The lowest BCUT2D eigenvalue weighted by Gasteiger charge is -2.12. The van der Waals surface area contributed by atoms with E-state index in [1.165, 1.54) is 10.8 Å². The van der Waals surface area contributed by atoms with Gasteiger partial charge in [-0.2, -0.15) is 0 Å². The molecule has 0 amide bonds. The molecule has 0 unspecified atom stereocenters. The second kappa shape index (κ2) is 7.59. The maximum Gasteiger partial charge on any atom is 0.342 e. The van der Waals surface area contributed by atoms with Crippen molar-refractivity contribution in [2.45, 2.75) is 27.0 Å². The summed E-state index contributed by atoms with van der Waals surface area (Å²) in [5, 5.41) is 20.1. The van der Waals surface area contributed by atoms with Crippen LogP contribution in [0.5, 0.6) is 11.5 Å². The van der Waals surface area contributed by atoms with Crippen LogP contribution < -0.4 is 9.47 Å². The van der Waals surface area contributed by atoms with Crippen molar-refractivity contribution < 1.29 is 19.5 Å². The topological polar surface area (TPSA) is 99.6 Å². The van der Waals surface area contributed by atoms with Crippen LogP contribution in [0.2, 0.25) is 0 Å². The van der Waals surface area contributed by atoms with Crippen LogP contribution in [0.15, 0.2) is 24.4 Å². The summed E-state index contributed by atoms with van der Waals surface area (Å²) >= 11 is 0. The summed E-state index contributed by atoms with van der Waals surface area (Å²) in [5.74, 6) is 1.56. The quantitative estimate of drug-likeness (QED) is 0.590. The van der Waals surface area contributed by atoms with Crippen LogP contribution in [0, 0.1) is 17.0 Å². The Hall–Kier alpha value is -2.61. The summed E-state index contributed by atoms with van der Waals surface area (Å²) in [6, 6.07) is 5.16. The number of nitrogens with zero attached hydrogens (tertiary/aromatic N) is 3. The number of nitro groups is 1. The standard InChI is InChI=1S/C15H19N3O5/c1-3-22-14-8-12(10-19)4-5-13(14)23-7-6-17-11(2)16-9-15(17)18(20)21/h4-5,8-9,19H,3,6-7,10H2,1-2H3. The number of aliphatic hydroxyl groups is 1. The average molecular weight is 321 g/mol. The fraction of sp³-hybridized carbons (Fsp3) is 0.400. The molecule has 0 saturated heterocycles. The molecule has 1 N–H and O–H groups in total. The number of benzene rings is 1. The predicted molar refractivity (Wildman–Crippen MR) is 82.6 cm³/mol. The third kappa shape index (κ3) is 3.98. The van der Waals surface area contributed by atoms with Gasteiger partial charge in [-0.25, -0.2) is 9.55 Å². The molecule has 2 aromatic rings. The van der Waals surface area contributed by atoms with Crippen molar-refractivity contribution in [3.8, 4) is 11.5 Å². The Morgan fingerprint density at radius 1 is 1.35 bits per heavy atom. The molecule has 2 rings (SSSR count). The Labute approximate surface area is 133 Å². The second-order valence-corrected chi connectivity index (χ2v) is 4.79. The molecule has 0 saturated carbocycles. The predicted octanol–water partition coefficient (Wildman–Crippen LogP) is 2.07. The van der Waals surface area contributed by atoms with Crippen LogP contribution in [0.1, 0.15) is 18.3 Å². The molecule has 0 aliphatic heterocycles. The fourth-order valence-electron chi connectivity index (χ4n) is 2.16. The molecular formula is C15H19N3O5. The van der Waals surface area contributed by atoms with Crippen molar-refractivity contribution in [2.75, 3.05) is 13.2 Å². The van der Waals surface area contributed by atoms with Crippen LogP contribution >= 0.6 is 0 Å². The van der Waals surface area contributed by atoms with Crippen LogP contribution in [0.25, 0.3) is 0 Å². The third-order valence-corrected chi connectivity index (χ3v) is 3.28. The van der Waals surface area contributed by atoms with Gasteiger partial charge in [-0.05, 0) is 29.5 Å². The molecule has 23 heavy (non-hydrogen) atoms. The normalized spacial score (nSPS) is 10.6. The highest BCUT2D eigenvalue weighted by Crippen LogP contribution is 2.28. The van der Waals surface area contributed by atoms with Gasteiger partial charge in [-0.1, -0.05) is 6.07 Å². The van der Waals surface area contributed by atoms with Gasteiger partial charge < -0.3 is 24.7 Å². The van der Waals surface area contributed by atoms with Crippen molar-refractivity contribution >= 4 is 5.82 Å². The van der Waals surface area contributed by atoms with Gasteiger partial charge in [-0.3, -0.25) is 0 Å². The lowest BCUT2D eigenvalue weighted by molar-refractivity contribution is -0.392. The molecular weight excluding hydrogens is 302 g/mol. The summed E-state index contributed by atoms with van der Waals surface area (Å²) in [4.78, 5) is 14.4. The molecule has 0 aliphatic rings. The number of ether oxygens (including phenoxy) is 2. The highest BCUT2D eigenvalue weighted by Gasteiger charge is 2.17. The smallest absolute Gasteiger partial charge is 0.342 e. The van der Waals surface area contributed by atoms with Gasteiger partial charge in [-0.15, -0.1) is 0 Å². The lowest BCUT2D eigenvalue weighted by atomic mass is 10.2. The molecule has 0 fully saturated rings. The maximum absolute atomic E-state index is 10.9. The van der Waals surface area contributed by atoms with E-state index < -0.39 is 4.92 Å². The zero-order valence-electron chi connectivity index (χ0n) is 13.1. The average Bonchev–Trinajstić information content (AvgIpc) is 2.90. The minimum atomic E-state index is -0.471. The van der Waals surface area contributed by atoms with Crippen molar-refractivity contribution in [3.63, 3.8) is 0 Å². The first kappa shape index (κ1) is 16.8. The monoisotopic (exact) mass is 321 g/mol. The van der Waals surface area contributed by atoms with E-state index in [2.05, 4.69) is 4.98 Å². The van der Waals surface area contributed by atoms with E-state index in [1.54, 1.807) is 25.1 Å². The molecule has 0 bridgehead atoms. The van der Waals surface area contributed by atoms with Gasteiger partial charge in [0.05, 0.1) is 13.2 Å². The van der Waals surface area contributed by atoms with Gasteiger partial charge in [0.15, 0.2) is 17.3 Å². The molecule has 124 valence electrons. The zero-order chi connectivity index (χ0) is 16.8. The Kier molecular flexibility index (Phi) is 5.53. The van der Waals surface area contributed by atoms with Gasteiger partial charge >= 0.3 is 5.82 Å². The molecule has 0 atom stereocenters. The van der Waals surface area contributed by atoms with E-state index in [9.17, 15) is 10.1 Å². The number of aryl methyl sites for hydroxylation is 1. The maximum atomic E-state index is 10.9. The SMILES string of the molecule is CCOc1cc(CO)ccc1OCCn1c([N+](=O)[O-])cnc1C. The van der Waals surface area contributed by atoms with Gasteiger partial charge in [0.1, 0.15) is 19.3 Å². The first-order chi connectivity index (χ1) is 11.1. The van der Waals surface area contributed by atoms with Gasteiger partial charge in [0.25, 0.3) is 0 Å². The van der Waals surface area contributed by atoms with Crippen molar-refractivity contribution in [1.29, 1.82) is 0 Å². The van der Waals surface area contributed by atoms with E-state index in [0.717, 1.165) is 5.56 Å². The molecule has 1 heterocycles. The van der Waals surface area contributed by atoms with Crippen LogP contribution in [0.3, 0.4) is 0 Å². The molecule has 0 radical (unpaired) electrons. The highest BCUT2D eigenvalue weighted by atomic mass is 16.6. The number of imidazole rings is 1. The van der Waals surface area contributed by atoms with E-state index in [4.69, 9.17) is 14.6 Å². The molecule has 0 aliphatic carbocycles. The second-order valence-electron chi connectivity index (χ2n) is 4.79. The minimum absolute atomic E-state index is 0.0632. The summed E-state index contributed by atoms with van der Waals surface area (Å²) in [7, 11) is 0. The number of hydrogen-bond donors (Lipinski definition) is 1. The Bertz CT molecular complexity index is 684. The van der Waals surface area contributed by atoms with Gasteiger partial charge in [0, 0.05) is 6.92 Å². The van der Waals surface area contributed by atoms with Crippen molar-refractivity contribution in [2.24, 2.45) is 0 Å². The molecule has 1 aromatic carbocycles.